The lowest BCUT2D eigenvalue weighted by atomic mass is 9.84. The van der Waals surface area contributed by atoms with Crippen molar-refractivity contribution in [1.82, 2.24) is 20.5 Å². The fraction of sp³-hybridized carbons (Fsp3) is 0.593. The standard InChI is InChI=1S/C27H39FN4O3S/c1-15(17-9-11-18(12-10-17)22-16(2)29-14-36-22)30-24(34)21-20(28)19(33)13-32(21)25(35)23(26(3,4)5)31-27(6,7)8/h9-12,14-15,19-21,23,31,33H,13H2,1-8H3,(H,30,34)/t15-,19-,20-,21?,23?/m0/s1. The zero-order valence-corrected chi connectivity index (χ0v) is 23.2. The Balaban J connectivity index is 1.78. The van der Waals surface area contributed by atoms with Crippen LogP contribution in [0.3, 0.4) is 0 Å². The second-order valence-electron chi connectivity index (χ2n) is 11.8. The normalized spacial score (nSPS) is 22.4. The van der Waals surface area contributed by atoms with Gasteiger partial charge in [-0.05, 0) is 51.2 Å². The Hall–Kier alpha value is -2.36. The third kappa shape index (κ3) is 6.30. The Kier molecular flexibility index (Phi) is 8.27. The third-order valence-electron chi connectivity index (χ3n) is 6.41. The molecule has 0 aliphatic carbocycles. The largest absolute Gasteiger partial charge is 0.388 e. The van der Waals surface area contributed by atoms with E-state index in [9.17, 15) is 14.7 Å². The summed E-state index contributed by atoms with van der Waals surface area (Å²) < 4.78 is 15.1. The van der Waals surface area contributed by atoms with Crippen LogP contribution in [0.25, 0.3) is 10.4 Å². The number of likely N-dealkylation sites (tertiary alicyclic amines) is 1. The summed E-state index contributed by atoms with van der Waals surface area (Å²) in [6, 6.07) is 5.30. The first-order valence-electron chi connectivity index (χ1n) is 12.3. The van der Waals surface area contributed by atoms with E-state index in [1.54, 1.807) is 16.8 Å². The number of β-amino-alcohol motifs (C(OH)–C–C–N with tert-alkyl or cyclic N) is 1. The number of benzene rings is 1. The van der Waals surface area contributed by atoms with E-state index in [0.717, 1.165) is 21.7 Å². The van der Waals surface area contributed by atoms with Gasteiger partial charge in [-0.25, -0.2) is 9.37 Å². The van der Waals surface area contributed by atoms with Gasteiger partial charge in [0.2, 0.25) is 11.8 Å². The molecule has 1 aromatic heterocycles. The topological polar surface area (TPSA) is 94.6 Å². The predicted molar refractivity (Wildman–Crippen MR) is 141 cm³/mol. The fourth-order valence-corrected chi connectivity index (χ4v) is 5.25. The Labute approximate surface area is 217 Å². The summed E-state index contributed by atoms with van der Waals surface area (Å²) in [6.07, 6.45) is -3.29. The number of carbonyl (C=O) groups excluding carboxylic acids is 2. The summed E-state index contributed by atoms with van der Waals surface area (Å²) >= 11 is 1.57. The van der Waals surface area contributed by atoms with Crippen LogP contribution in [0, 0.1) is 12.3 Å². The molecule has 1 aliphatic heterocycles. The number of rotatable bonds is 6. The average Bonchev–Trinajstić information content (AvgIpc) is 3.33. The van der Waals surface area contributed by atoms with Crippen molar-refractivity contribution in [3.63, 3.8) is 0 Å². The molecule has 1 fully saturated rings. The maximum absolute atomic E-state index is 15.1. The Morgan fingerprint density at radius 3 is 2.28 bits per heavy atom. The molecule has 2 aromatic rings. The van der Waals surface area contributed by atoms with Gasteiger partial charge >= 0.3 is 0 Å². The summed E-state index contributed by atoms with van der Waals surface area (Å²) in [6.45, 7) is 15.1. The molecule has 0 saturated carbocycles. The third-order valence-corrected chi connectivity index (χ3v) is 7.39. The SMILES string of the molecule is Cc1ncsc1-c1ccc([C@H](C)NC(=O)C2[C@@H](F)[C@@H](O)CN2C(=O)C(NC(C)(C)C)C(C)(C)C)cc1. The number of thiazole rings is 1. The lowest BCUT2D eigenvalue weighted by Crippen LogP contribution is -2.61. The molecule has 3 rings (SSSR count). The fourth-order valence-electron chi connectivity index (χ4n) is 4.44. The van der Waals surface area contributed by atoms with E-state index in [1.165, 1.54) is 4.90 Å². The van der Waals surface area contributed by atoms with Crippen LogP contribution in [0.15, 0.2) is 29.8 Å². The second-order valence-corrected chi connectivity index (χ2v) is 12.6. The summed E-state index contributed by atoms with van der Waals surface area (Å²) in [5, 5.41) is 16.4. The van der Waals surface area contributed by atoms with Crippen molar-refractivity contribution >= 4 is 23.2 Å². The van der Waals surface area contributed by atoms with Gasteiger partial charge < -0.3 is 20.6 Å². The van der Waals surface area contributed by atoms with E-state index in [4.69, 9.17) is 0 Å². The van der Waals surface area contributed by atoms with Gasteiger partial charge in [-0.3, -0.25) is 9.59 Å². The van der Waals surface area contributed by atoms with Crippen molar-refractivity contribution in [3.8, 4) is 10.4 Å². The molecule has 3 N–H and O–H groups in total. The van der Waals surface area contributed by atoms with Gasteiger partial charge in [-0.15, -0.1) is 11.3 Å². The molecule has 7 nitrogen and oxygen atoms in total. The number of amides is 2. The minimum Gasteiger partial charge on any atom is -0.388 e. The van der Waals surface area contributed by atoms with Gasteiger partial charge in [0.25, 0.3) is 0 Å². The van der Waals surface area contributed by atoms with Gasteiger partial charge in [0.05, 0.1) is 34.7 Å². The van der Waals surface area contributed by atoms with Crippen molar-refractivity contribution in [3.05, 3.63) is 41.0 Å². The number of aliphatic hydroxyl groups is 1. The van der Waals surface area contributed by atoms with Gasteiger partial charge in [0, 0.05) is 5.54 Å². The first-order valence-corrected chi connectivity index (χ1v) is 13.2. The van der Waals surface area contributed by atoms with Crippen LogP contribution in [0.1, 0.15) is 65.8 Å². The summed E-state index contributed by atoms with van der Waals surface area (Å²) in [7, 11) is 0. The molecule has 1 aromatic carbocycles. The van der Waals surface area contributed by atoms with Crippen molar-refractivity contribution < 1.29 is 19.1 Å². The number of nitrogens with one attached hydrogen (secondary N) is 2. The molecular weight excluding hydrogens is 479 g/mol. The van der Waals surface area contributed by atoms with Crippen molar-refractivity contribution in [1.29, 1.82) is 0 Å². The maximum atomic E-state index is 15.1. The van der Waals surface area contributed by atoms with Crippen LogP contribution in [-0.2, 0) is 9.59 Å². The van der Waals surface area contributed by atoms with E-state index < -0.39 is 47.6 Å². The van der Waals surface area contributed by atoms with E-state index >= 15 is 4.39 Å². The Morgan fingerprint density at radius 1 is 1.17 bits per heavy atom. The maximum Gasteiger partial charge on any atom is 0.246 e. The van der Waals surface area contributed by atoms with Crippen LogP contribution in [-0.4, -0.2) is 63.2 Å². The number of hydrogen-bond acceptors (Lipinski definition) is 6. The molecule has 1 saturated heterocycles. The highest BCUT2D eigenvalue weighted by Crippen LogP contribution is 2.30. The number of alkyl halides is 1. The van der Waals surface area contributed by atoms with Gasteiger partial charge in [-0.1, -0.05) is 45.0 Å². The zero-order chi connectivity index (χ0) is 27.0. The number of nitrogens with zero attached hydrogens (tertiary/aromatic N) is 2. The molecule has 36 heavy (non-hydrogen) atoms. The molecule has 1 aliphatic rings. The number of aryl methyl sites for hydroxylation is 1. The lowest BCUT2D eigenvalue weighted by Gasteiger charge is -2.39. The number of hydrogen-bond donors (Lipinski definition) is 3. The first-order chi connectivity index (χ1) is 16.6. The molecule has 2 amide bonds. The molecule has 0 bridgehead atoms. The second kappa shape index (κ2) is 10.6. The van der Waals surface area contributed by atoms with Crippen molar-refractivity contribution in [2.24, 2.45) is 5.41 Å². The molecule has 2 unspecified atom stereocenters. The van der Waals surface area contributed by atoms with E-state index in [0.29, 0.717) is 0 Å². The molecule has 2 heterocycles. The Bertz CT molecular complexity index is 1070. The summed E-state index contributed by atoms with van der Waals surface area (Å²) in [5.41, 5.74) is 3.79. The van der Waals surface area contributed by atoms with E-state index in [2.05, 4.69) is 15.6 Å². The highest BCUT2D eigenvalue weighted by Gasteiger charge is 2.51. The Morgan fingerprint density at radius 2 is 1.78 bits per heavy atom. The molecule has 0 radical (unpaired) electrons. The van der Waals surface area contributed by atoms with Crippen LogP contribution in [0.4, 0.5) is 4.39 Å². The van der Waals surface area contributed by atoms with Crippen LogP contribution in [0.5, 0.6) is 0 Å². The molecular formula is C27H39FN4O3S. The van der Waals surface area contributed by atoms with Crippen LogP contribution in [0.2, 0.25) is 0 Å². The quantitative estimate of drug-likeness (QED) is 0.537. The van der Waals surface area contributed by atoms with Crippen molar-refractivity contribution in [2.45, 2.75) is 91.3 Å². The van der Waals surface area contributed by atoms with E-state index in [-0.39, 0.29) is 12.1 Å². The number of aromatic nitrogens is 1. The first kappa shape index (κ1) is 28.2. The van der Waals surface area contributed by atoms with E-state index in [1.807, 2.05) is 79.7 Å². The summed E-state index contributed by atoms with van der Waals surface area (Å²) in [5.74, 6) is -1.01. The van der Waals surface area contributed by atoms with Crippen molar-refractivity contribution in [2.75, 3.05) is 6.54 Å². The summed E-state index contributed by atoms with van der Waals surface area (Å²) in [4.78, 5) is 33.5. The monoisotopic (exact) mass is 518 g/mol. The van der Waals surface area contributed by atoms with Gasteiger partial charge in [-0.2, -0.15) is 0 Å². The zero-order valence-electron chi connectivity index (χ0n) is 22.4. The average molecular weight is 519 g/mol. The predicted octanol–water partition coefficient (Wildman–Crippen LogP) is 4.01. The molecule has 0 spiro atoms. The van der Waals surface area contributed by atoms with Gasteiger partial charge in [0.15, 0.2) is 6.17 Å². The molecule has 198 valence electrons. The van der Waals surface area contributed by atoms with Crippen LogP contribution < -0.4 is 10.6 Å². The number of carbonyl (C=O) groups is 2. The lowest BCUT2D eigenvalue weighted by molar-refractivity contribution is -0.144. The number of halogens is 1. The smallest absolute Gasteiger partial charge is 0.246 e. The van der Waals surface area contributed by atoms with Crippen LogP contribution >= 0.6 is 11.3 Å². The highest BCUT2D eigenvalue weighted by atomic mass is 32.1. The van der Waals surface area contributed by atoms with Gasteiger partial charge in [0.1, 0.15) is 12.1 Å². The molecule has 5 atom stereocenters. The molecule has 9 heteroatoms. The minimum absolute atomic E-state index is 0.228. The minimum atomic E-state index is -1.87. The number of aliphatic hydroxyl groups excluding tert-OH is 1. The highest BCUT2D eigenvalue weighted by molar-refractivity contribution is 7.13.